The summed E-state index contributed by atoms with van der Waals surface area (Å²) < 4.78 is 55.3. The number of halogens is 4. The Morgan fingerprint density at radius 1 is 0.305 bits per heavy atom. The van der Waals surface area contributed by atoms with E-state index < -0.39 is 0 Å². The molecule has 8 heteroatoms. The summed E-state index contributed by atoms with van der Waals surface area (Å²) in [5.41, 5.74) is 4.69. The van der Waals surface area contributed by atoms with Gasteiger partial charge in [0.25, 0.3) is 0 Å². The largest absolute Gasteiger partial charge is 0.207 e. The van der Waals surface area contributed by atoms with Crippen LogP contribution >= 0.6 is 0 Å². The van der Waals surface area contributed by atoms with Gasteiger partial charge in [-0.15, -0.1) is 0 Å². The molecule has 0 unspecified atom stereocenters. The molecule has 8 rings (SSSR count). The van der Waals surface area contributed by atoms with Crippen LogP contribution < -0.4 is 0 Å². The summed E-state index contributed by atoms with van der Waals surface area (Å²) in [6.45, 7) is 9.06. The van der Waals surface area contributed by atoms with Gasteiger partial charge in [-0.05, 0) is 169 Å². The molecule has 4 aliphatic carbocycles. The van der Waals surface area contributed by atoms with E-state index in [9.17, 15) is 17.6 Å². The standard InChI is InChI=1S/C20H28FN.C19H26FN.C18H24FN.C17H22FN/c1-2-3-4-5-16-6-8-17(9-7-16)10-12-19-13-11-18(15-22)14-20(19)21;1-2-3-4-15-5-7-16(8-6-15)9-11-18-12-10-17(14-21)13-19(18)20;1-2-3-14-4-6-15(7-5-14)8-10-17-11-9-16(13-20)12-18(17)19;1-2-13-3-5-14(6-4-13)7-9-16-10-8-15(12-19)11-17(16)18/h11,13-14,16-17H,2-10,12H2,1H3;10,12-13,15-16H,2-9,11H2,1H3;9,11-12,14-15H,2-8,10H2,1H3;8,10-11,13-14H,2-7,9H2,1H3. The molecule has 0 amide bonds. The molecule has 0 bridgehead atoms. The molecule has 0 atom stereocenters. The van der Waals surface area contributed by atoms with E-state index in [1.165, 1.54) is 191 Å². The second-order valence-corrected chi connectivity index (χ2v) is 25.2. The van der Waals surface area contributed by atoms with Gasteiger partial charge in [-0.3, -0.25) is 0 Å². The SMILES string of the molecule is CCC1CCC(CCc2ccc(C#N)cc2F)CC1.CCCC1CCC(CCc2ccc(C#N)cc2F)CC1.CCCCC1CCC(CCc2ccc(C#N)cc2F)CC1.CCCCCC1CCC(CCc2ccc(C#N)cc2F)CC1. The van der Waals surface area contributed by atoms with Crippen molar-refractivity contribution in [2.75, 3.05) is 0 Å². The van der Waals surface area contributed by atoms with Crippen LogP contribution in [0.5, 0.6) is 0 Å². The van der Waals surface area contributed by atoms with Crippen molar-refractivity contribution in [3.63, 3.8) is 0 Å². The van der Waals surface area contributed by atoms with Gasteiger partial charge in [0.05, 0.1) is 46.5 Å². The Bertz CT molecular complexity index is 2620. The number of aryl methyl sites for hydroxylation is 4. The summed E-state index contributed by atoms with van der Waals surface area (Å²) in [7, 11) is 0. The minimum atomic E-state index is -0.221. The Hall–Kier alpha value is -5.44. The van der Waals surface area contributed by atoms with Gasteiger partial charge in [0.15, 0.2) is 0 Å². The number of unbranched alkanes of at least 4 members (excludes halogenated alkanes) is 3. The molecule has 82 heavy (non-hydrogen) atoms. The van der Waals surface area contributed by atoms with E-state index >= 15 is 0 Å². The Kier molecular flexibility index (Phi) is 31.6. The third-order valence-electron chi connectivity index (χ3n) is 19.3. The number of hydrogen-bond acceptors (Lipinski definition) is 4. The predicted molar refractivity (Wildman–Crippen MR) is 328 cm³/mol. The number of benzene rings is 4. The third-order valence-corrected chi connectivity index (χ3v) is 19.3. The van der Waals surface area contributed by atoms with Crippen molar-refractivity contribution in [1.29, 1.82) is 21.0 Å². The summed E-state index contributed by atoms with van der Waals surface area (Å²) in [5.74, 6) is 5.91. The van der Waals surface area contributed by atoms with Gasteiger partial charge in [-0.25, -0.2) is 17.6 Å². The van der Waals surface area contributed by atoms with Gasteiger partial charge in [-0.2, -0.15) is 21.0 Å². The Morgan fingerprint density at radius 3 is 0.780 bits per heavy atom. The van der Waals surface area contributed by atoms with Gasteiger partial charge in [0.2, 0.25) is 0 Å². The molecule has 4 aromatic rings. The molecular weight excluding hydrogens is 1020 g/mol. The average Bonchev–Trinajstić information content (AvgIpc) is 3.52. The van der Waals surface area contributed by atoms with Crippen LogP contribution in [0.2, 0.25) is 0 Å². The zero-order valence-corrected chi connectivity index (χ0v) is 50.9. The van der Waals surface area contributed by atoms with Crippen LogP contribution in [0.4, 0.5) is 17.6 Å². The fourth-order valence-corrected chi connectivity index (χ4v) is 13.7. The van der Waals surface area contributed by atoms with Crippen molar-refractivity contribution >= 4 is 0 Å². The first-order chi connectivity index (χ1) is 39.9. The molecule has 0 aliphatic heterocycles. The fraction of sp³-hybridized carbons (Fsp3) is 0.622. The van der Waals surface area contributed by atoms with Gasteiger partial charge < -0.3 is 0 Å². The molecule has 4 aromatic carbocycles. The molecule has 4 fully saturated rings. The second-order valence-electron chi connectivity index (χ2n) is 25.2. The average molecular weight is 1120 g/mol. The molecule has 4 saturated carbocycles. The molecular formula is C74H100F4N4. The van der Waals surface area contributed by atoms with Crippen molar-refractivity contribution in [3.8, 4) is 24.3 Å². The highest BCUT2D eigenvalue weighted by molar-refractivity contribution is 5.35. The highest BCUT2D eigenvalue weighted by Gasteiger charge is 2.24. The molecule has 0 heterocycles. The normalized spacial score (nSPS) is 22.2. The lowest BCUT2D eigenvalue weighted by molar-refractivity contribution is 0.248. The highest BCUT2D eigenvalue weighted by atomic mass is 19.1. The Balaban J connectivity index is 0.000000201. The maximum atomic E-state index is 13.9. The lowest BCUT2D eigenvalue weighted by Crippen LogP contribution is -2.15. The van der Waals surface area contributed by atoms with Gasteiger partial charge in [0, 0.05) is 0 Å². The summed E-state index contributed by atoms with van der Waals surface area (Å²) in [6, 6.07) is 27.3. The first-order valence-corrected chi connectivity index (χ1v) is 32.6. The van der Waals surface area contributed by atoms with Gasteiger partial charge in [0.1, 0.15) is 23.3 Å². The maximum absolute atomic E-state index is 13.9. The minimum Gasteiger partial charge on any atom is -0.207 e. The van der Waals surface area contributed by atoms with Crippen LogP contribution in [0.15, 0.2) is 72.8 Å². The number of nitrogens with zero attached hydrogens (tertiary/aromatic N) is 4. The monoisotopic (exact) mass is 1120 g/mol. The molecule has 4 nitrogen and oxygen atoms in total. The lowest BCUT2D eigenvalue weighted by atomic mass is 9.78. The summed E-state index contributed by atoms with van der Waals surface area (Å²) >= 11 is 0. The quantitative estimate of drug-likeness (QED) is 0.0579. The van der Waals surface area contributed by atoms with E-state index in [2.05, 4.69) is 27.7 Å². The van der Waals surface area contributed by atoms with Crippen LogP contribution in [0.3, 0.4) is 0 Å². The second kappa shape index (κ2) is 38.4. The van der Waals surface area contributed by atoms with Crippen LogP contribution in [0.1, 0.15) is 265 Å². The number of nitriles is 4. The van der Waals surface area contributed by atoms with E-state index in [0.29, 0.717) is 22.3 Å². The van der Waals surface area contributed by atoms with Crippen molar-refractivity contribution < 1.29 is 17.6 Å². The van der Waals surface area contributed by atoms with Crippen molar-refractivity contribution in [2.24, 2.45) is 47.3 Å². The Morgan fingerprint density at radius 2 is 0.549 bits per heavy atom. The maximum Gasteiger partial charge on any atom is 0.127 e. The molecule has 0 spiro atoms. The van der Waals surface area contributed by atoms with Crippen molar-refractivity contribution in [3.05, 3.63) is 141 Å². The zero-order chi connectivity index (χ0) is 58.9. The topological polar surface area (TPSA) is 95.2 Å². The van der Waals surface area contributed by atoms with Crippen LogP contribution in [-0.4, -0.2) is 0 Å². The van der Waals surface area contributed by atoms with Crippen molar-refractivity contribution in [1.82, 2.24) is 0 Å². The number of rotatable bonds is 22. The first kappa shape index (κ1) is 67.4. The Labute approximate surface area is 494 Å². The van der Waals surface area contributed by atoms with E-state index in [4.69, 9.17) is 21.0 Å². The lowest BCUT2D eigenvalue weighted by Gasteiger charge is -2.28. The van der Waals surface area contributed by atoms with Crippen LogP contribution in [-0.2, 0) is 25.7 Å². The molecule has 0 radical (unpaired) electrons. The van der Waals surface area contributed by atoms with Gasteiger partial charge >= 0.3 is 0 Å². The van der Waals surface area contributed by atoms with E-state index in [1.807, 2.05) is 24.3 Å². The third kappa shape index (κ3) is 24.4. The van der Waals surface area contributed by atoms with Gasteiger partial charge in [-0.1, -0.05) is 219 Å². The van der Waals surface area contributed by atoms with E-state index in [0.717, 1.165) is 121 Å². The highest BCUT2D eigenvalue weighted by Crippen LogP contribution is 2.38. The van der Waals surface area contributed by atoms with E-state index in [-0.39, 0.29) is 23.3 Å². The minimum absolute atomic E-state index is 0.215. The van der Waals surface area contributed by atoms with Crippen molar-refractivity contribution in [2.45, 2.75) is 246 Å². The fourth-order valence-electron chi connectivity index (χ4n) is 13.7. The summed E-state index contributed by atoms with van der Waals surface area (Å²) in [4.78, 5) is 0. The summed E-state index contributed by atoms with van der Waals surface area (Å²) in [6.07, 6.45) is 42.4. The number of hydrogen-bond donors (Lipinski definition) is 0. The first-order valence-electron chi connectivity index (χ1n) is 32.6. The molecule has 444 valence electrons. The molecule has 0 saturated heterocycles. The van der Waals surface area contributed by atoms with E-state index in [1.54, 1.807) is 48.5 Å². The summed E-state index contributed by atoms with van der Waals surface area (Å²) in [5, 5.41) is 35.0. The van der Waals surface area contributed by atoms with Crippen LogP contribution in [0.25, 0.3) is 0 Å². The van der Waals surface area contributed by atoms with Crippen LogP contribution in [0, 0.1) is 116 Å². The molecule has 0 aromatic heterocycles. The predicted octanol–water partition coefficient (Wildman–Crippen LogP) is 21.7. The molecule has 4 aliphatic rings. The zero-order valence-electron chi connectivity index (χ0n) is 50.9. The molecule has 0 N–H and O–H groups in total. The smallest absolute Gasteiger partial charge is 0.127 e.